The number of para-hydroxylation sites is 1. The summed E-state index contributed by atoms with van der Waals surface area (Å²) < 4.78 is 3.11. The molecule has 3 heterocycles. The fourth-order valence-electron chi connectivity index (χ4n) is 3.76. The van der Waals surface area contributed by atoms with Crippen molar-refractivity contribution in [3.63, 3.8) is 0 Å². The van der Waals surface area contributed by atoms with Crippen LogP contribution in [0.2, 0.25) is 0 Å². The smallest absolute Gasteiger partial charge is 0.291 e. The highest BCUT2D eigenvalue weighted by Gasteiger charge is 2.17. The van der Waals surface area contributed by atoms with Crippen molar-refractivity contribution < 1.29 is 4.79 Å². The van der Waals surface area contributed by atoms with E-state index in [1.165, 1.54) is 17.5 Å². The van der Waals surface area contributed by atoms with Crippen LogP contribution in [-0.4, -0.2) is 51.3 Å². The van der Waals surface area contributed by atoms with Gasteiger partial charge in [-0.05, 0) is 32.0 Å². The number of aryl methyl sites for hydroxylation is 1. The van der Waals surface area contributed by atoms with Crippen LogP contribution in [0, 0.1) is 0 Å². The molecule has 0 radical (unpaired) electrons. The Bertz CT molecular complexity index is 1010. The monoisotopic (exact) mass is 353 g/mol. The Kier molecular flexibility index (Phi) is 4.46. The van der Waals surface area contributed by atoms with E-state index in [9.17, 15) is 9.59 Å². The number of hydrogen-bond donors (Lipinski definition) is 1. The predicted molar refractivity (Wildman–Crippen MR) is 101 cm³/mol. The maximum absolute atomic E-state index is 12.6. The molecule has 1 aliphatic rings. The molecule has 1 saturated heterocycles. The zero-order valence-corrected chi connectivity index (χ0v) is 14.9. The first-order chi connectivity index (χ1) is 12.6. The first-order valence-electron chi connectivity index (χ1n) is 9.07. The van der Waals surface area contributed by atoms with Crippen molar-refractivity contribution in [2.24, 2.45) is 7.05 Å². The van der Waals surface area contributed by atoms with E-state index in [0.717, 1.165) is 35.9 Å². The maximum Gasteiger partial charge on any atom is 0.291 e. The molecule has 4 rings (SSSR count). The van der Waals surface area contributed by atoms with E-state index < -0.39 is 0 Å². The molecule has 1 N–H and O–H groups in total. The number of benzene rings is 1. The van der Waals surface area contributed by atoms with Gasteiger partial charge in [0.1, 0.15) is 12.1 Å². The summed E-state index contributed by atoms with van der Waals surface area (Å²) in [6.07, 6.45) is 4.18. The van der Waals surface area contributed by atoms with E-state index >= 15 is 0 Å². The number of amides is 1. The highest BCUT2D eigenvalue weighted by molar-refractivity contribution is 6.07. The minimum absolute atomic E-state index is 0.0780. The lowest BCUT2D eigenvalue weighted by Gasteiger charge is -2.15. The fourth-order valence-corrected chi connectivity index (χ4v) is 3.76. The predicted octanol–water partition coefficient (Wildman–Crippen LogP) is 1.10. The lowest BCUT2D eigenvalue weighted by atomic mass is 10.2. The van der Waals surface area contributed by atoms with E-state index in [1.54, 1.807) is 17.8 Å². The van der Waals surface area contributed by atoms with Crippen molar-refractivity contribution >= 4 is 27.7 Å². The van der Waals surface area contributed by atoms with Gasteiger partial charge in [0.05, 0.1) is 6.20 Å². The maximum atomic E-state index is 12.6. The van der Waals surface area contributed by atoms with Gasteiger partial charge >= 0.3 is 0 Å². The van der Waals surface area contributed by atoms with Crippen molar-refractivity contribution in [3.8, 4) is 0 Å². The van der Waals surface area contributed by atoms with Crippen LogP contribution in [0.15, 0.2) is 35.3 Å². The molecule has 7 heteroatoms. The molecule has 1 fully saturated rings. The summed E-state index contributed by atoms with van der Waals surface area (Å²) in [6.45, 7) is 3.88. The summed E-state index contributed by atoms with van der Waals surface area (Å²) in [5, 5.41) is 8.84. The van der Waals surface area contributed by atoms with E-state index in [-0.39, 0.29) is 18.0 Å². The summed E-state index contributed by atoms with van der Waals surface area (Å²) in [5.41, 5.74) is 1.21. The topological polar surface area (TPSA) is 72.2 Å². The second kappa shape index (κ2) is 6.92. The molecule has 7 nitrogen and oxygen atoms in total. The number of likely N-dealkylation sites (tertiary alicyclic amines) is 1. The largest absolute Gasteiger partial charge is 0.353 e. The van der Waals surface area contributed by atoms with Crippen molar-refractivity contribution in [2.45, 2.75) is 19.4 Å². The molecule has 136 valence electrons. The SMILES string of the molecule is Cn1ncc2c3ccccc3n(CC(=O)NCCN3CCCC3)c2c1=O. The zero-order chi connectivity index (χ0) is 18.1. The third kappa shape index (κ3) is 2.99. The van der Waals surface area contributed by atoms with Crippen molar-refractivity contribution in [1.29, 1.82) is 0 Å². The standard InChI is InChI=1S/C19H23N5O2/c1-22-19(26)18-15(12-21-22)14-6-2-3-7-16(14)24(18)13-17(25)20-8-11-23-9-4-5-10-23/h2-3,6-7,12H,4-5,8-11,13H2,1H3,(H,20,25). The third-order valence-corrected chi connectivity index (χ3v) is 5.12. The molecule has 0 bridgehead atoms. The molecular weight excluding hydrogens is 330 g/mol. The van der Waals surface area contributed by atoms with Gasteiger partial charge in [0.25, 0.3) is 5.56 Å². The summed E-state index contributed by atoms with van der Waals surface area (Å²) in [7, 11) is 1.62. The quantitative estimate of drug-likeness (QED) is 0.746. The number of carbonyl (C=O) groups excluding carboxylic acids is 1. The Labute approximate surface area is 151 Å². The van der Waals surface area contributed by atoms with Crippen molar-refractivity contribution in [3.05, 3.63) is 40.8 Å². The van der Waals surface area contributed by atoms with Crippen LogP contribution in [0.4, 0.5) is 0 Å². The Morgan fingerprint density at radius 2 is 1.96 bits per heavy atom. The van der Waals surface area contributed by atoms with E-state index in [2.05, 4.69) is 15.3 Å². The summed E-state index contributed by atoms with van der Waals surface area (Å²) in [4.78, 5) is 27.5. The average molecular weight is 353 g/mol. The van der Waals surface area contributed by atoms with E-state index in [1.807, 2.05) is 24.3 Å². The molecule has 0 unspecified atom stereocenters. The normalized spacial score (nSPS) is 15.1. The molecule has 3 aromatic rings. The van der Waals surface area contributed by atoms with Crippen molar-refractivity contribution in [1.82, 2.24) is 24.6 Å². The van der Waals surface area contributed by atoms with E-state index in [0.29, 0.717) is 12.1 Å². The third-order valence-electron chi connectivity index (χ3n) is 5.12. The number of nitrogens with one attached hydrogen (secondary N) is 1. The van der Waals surface area contributed by atoms with Gasteiger partial charge in [0.2, 0.25) is 5.91 Å². The first-order valence-corrected chi connectivity index (χ1v) is 9.07. The second-order valence-corrected chi connectivity index (χ2v) is 6.84. The summed E-state index contributed by atoms with van der Waals surface area (Å²) in [5.74, 6) is -0.0780. The molecule has 2 aromatic heterocycles. The van der Waals surface area contributed by atoms with Crippen LogP contribution in [0.3, 0.4) is 0 Å². The Morgan fingerprint density at radius 1 is 1.19 bits per heavy atom. The van der Waals surface area contributed by atoms with Crippen LogP contribution in [-0.2, 0) is 18.4 Å². The zero-order valence-electron chi connectivity index (χ0n) is 14.9. The first kappa shape index (κ1) is 16.8. The van der Waals surface area contributed by atoms with Crippen LogP contribution in [0.5, 0.6) is 0 Å². The van der Waals surface area contributed by atoms with Gasteiger partial charge in [-0.2, -0.15) is 5.10 Å². The van der Waals surface area contributed by atoms with Crippen LogP contribution in [0.25, 0.3) is 21.8 Å². The van der Waals surface area contributed by atoms with Crippen LogP contribution < -0.4 is 10.9 Å². The molecule has 0 saturated carbocycles. The molecule has 26 heavy (non-hydrogen) atoms. The molecular formula is C19H23N5O2. The lowest BCUT2D eigenvalue weighted by Crippen LogP contribution is -2.35. The number of rotatable bonds is 5. The molecule has 1 aromatic carbocycles. The second-order valence-electron chi connectivity index (χ2n) is 6.84. The van der Waals surface area contributed by atoms with Gasteiger partial charge in [-0.15, -0.1) is 0 Å². The number of hydrogen-bond acceptors (Lipinski definition) is 4. The Balaban J connectivity index is 1.61. The minimum Gasteiger partial charge on any atom is -0.353 e. The molecule has 1 amide bonds. The van der Waals surface area contributed by atoms with Gasteiger partial charge in [0, 0.05) is 36.4 Å². The lowest BCUT2D eigenvalue weighted by molar-refractivity contribution is -0.121. The van der Waals surface area contributed by atoms with E-state index in [4.69, 9.17) is 0 Å². The van der Waals surface area contributed by atoms with Gasteiger partial charge < -0.3 is 14.8 Å². The Hall–Kier alpha value is -2.67. The number of aromatic nitrogens is 3. The van der Waals surface area contributed by atoms with Crippen LogP contribution >= 0.6 is 0 Å². The molecule has 0 atom stereocenters. The summed E-state index contributed by atoms with van der Waals surface area (Å²) >= 11 is 0. The molecule has 0 aliphatic carbocycles. The minimum atomic E-state index is -0.191. The number of carbonyl (C=O) groups is 1. The molecule has 0 spiro atoms. The van der Waals surface area contributed by atoms with Crippen LogP contribution in [0.1, 0.15) is 12.8 Å². The Morgan fingerprint density at radius 3 is 2.77 bits per heavy atom. The highest BCUT2D eigenvalue weighted by atomic mass is 16.2. The van der Waals surface area contributed by atoms with Crippen molar-refractivity contribution in [2.75, 3.05) is 26.2 Å². The average Bonchev–Trinajstić information content (AvgIpc) is 3.26. The van der Waals surface area contributed by atoms with Gasteiger partial charge in [-0.1, -0.05) is 18.2 Å². The number of nitrogens with zero attached hydrogens (tertiary/aromatic N) is 4. The fraction of sp³-hybridized carbons (Fsp3) is 0.421. The molecule has 1 aliphatic heterocycles. The van der Waals surface area contributed by atoms with Gasteiger partial charge in [-0.25, -0.2) is 4.68 Å². The summed E-state index contributed by atoms with van der Waals surface area (Å²) in [6, 6.07) is 7.74. The highest BCUT2D eigenvalue weighted by Crippen LogP contribution is 2.25. The van der Waals surface area contributed by atoms with Gasteiger partial charge in [-0.3, -0.25) is 9.59 Å². The number of fused-ring (bicyclic) bond motifs is 3. The van der Waals surface area contributed by atoms with Gasteiger partial charge in [0.15, 0.2) is 0 Å².